The van der Waals surface area contributed by atoms with Crippen LogP contribution >= 0.6 is 0 Å². The summed E-state index contributed by atoms with van der Waals surface area (Å²) in [6.07, 6.45) is 0. The lowest BCUT2D eigenvalue weighted by Crippen LogP contribution is -2.01. The zero-order valence-electron chi connectivity index (χ0n) is 17.3. The van der Waals surface area contributed by atoms with Crippen LogP contribution in [0.2, 0.25) is 0 Å². The molecule has 0 atom stereocenters. The standard InChI is InChI=1S/C29H26/c1-21-19-20-27(23(3)22(21)2)29(26-17-11-6-12-18-26)28(24-13-7-4-8-14-24)25-15-9-5-10-16-25/h4-20H,1-3H3. The molecule has 142 valence electrons. The topological polar surface area (TPSA) is 0 Å². The number of aryl methyl sites for hydroxylation is 1. The van der Waals surface area contributed by atoms with E-state index < -0.39 is 0 Å². The predicted octanol–water partition coefficient (Wildman–Crippen LogP) is 7.62. The Hall–Kier alpha value is -3.38. The molecule has 0 aliphatic rings. The molecule has 0 nitrogen and oxygen atoms in total. The summed E-state index contributed by atoms with van der Waals surface area (Å²) in [7, 11) is 0. The summed E-state index contributed by atoms with van der Waals surface area (Å²) in [5, 5.41) is 0. The molecular weight excluding hydrogens is 348 g/mol. The molecule has 0 radical (unpaired) electrons. The van der Waals surface area contributed by atoms with Crippen molar-refractivity contribution in [3.8, 4) is 0 Å². The van der Waals surface area contributed by atoms with E-state index in [1.165, 1.54) is 50.1 Å². The van der Waals surface area contributed by atoms with E-state index in [2.05, 4.69) is 124 Å². The van der Waals surface area contributed by atoms with E-state index in [0.29, 0.717) is 0 Å². The van der Waals surface area contributed by atoms with Crippen molar-refractivity contribution in [1.29, 1.82) is 0 Å². The Balaban J connectivity index is 2.15. The molecule has 0 spiro atoms. The van der Waals surface area contributed by atoms with Gasteiger partial charge in [0.15, 0.2) is 0 Å². The van der Waals surface area contributed by atoms with Crippen molar-refractivity contribution in [1.82, 2.24) is 0 Å². The Morgan fingerprint density at radius 2 is 0.828 bits per heavy atom. The van der Waals surface area contributed by atoms with E-state index in [0.717, 1.165) is 0 Å². The molecular formula is C29H26. The number of benzene rings is 4. The molecule has 4 rings (SSSR count). The Morgan fingerprint density at radius 3 is 1.28 bits per heavy atom. The first-order valence-electron chi connectivity index (χ1n) is 10.1. The maximum Gasteiger partial charge on any atom is -0.00240 e. The van der Waals surface area contributed by atoms with Gasteiger partial charge in [0.05, 0.1) is 0 Å². The fraction of sp³-hybridized carbons (Fsp3) is 0.103. The van der Waals surface area contributed by atoms with Crippen molar-refractivity contribution >= 4 is 11.1 Å². The lowest BCUT2D eigenvalue weighted by molar-refractivity contribution is 1.25. The Kier molecular flexibility index (Phi) is 5.44. The number of rotatable bonds is 4. The maximum absolute atomic E-state index is 2.28. The van der Waals surface area contributed by atoms with Crippen LogP contribution in [-0.4, -0.2) is 0 Å². The van der Waals surface area contributed by atoms with Crippen molar-refractivity contribution in [3.63, 3.8) is 0 Å². The van der Waals surface area contributed by atoms with Crippen LogP contribution in [0.15, 0.2) is 103 Å². The first kappa shape index (κ1) is 19.0. The minimum Gasteiger partial charge on any atom is -0.0622 e. The summed E-state index contributed by atoms with van der Waals surface area (Å²) in [6.45, 7) is 6.66. The molecule has 0 bridgehead atoms. The largest absolute Gasteiger partial charge is 0.0622 e. The van der Waals surface area contributed by atoms with Crippen molar-refractivity contribution in [3.05, 3.63) is 142 Å². The average Bonchev–Trinajstić information content (AvgIpc) is 2.78. The van der Waals surface area contributed by atoms with E-state index >= 15 is 0 Å². The second-order valence-corrected chi connectivity index (χ2v) is 7.53. The molecule has 0 heteroatoms. The van der Waals surface area contributed by atoms with Gasteiger partial charge < -0.3 is 0 Å². The molecule has 0 aromatic heterocycles. The molecule has 0 heterocycles. The molecule has 29 heavy (non-hydrogen) atoms. The molecule has 4 aromatic carbocycles. The molecule has 0 fully saturated rings. The molecule has 4 aromatic rings. The molecule has 0 saturated heterocycles. The van der Waals surface area contributed by atoms with Gasteiger partial charge in [-0.25, -0.2) is 0 Å². The summed E-state index contributed by atoms with van der Waals surface area (Å²) in [5.41, 5.74) is 11.6. The van der Waals surface area contributed by atoms with E-state index in [9.17, 15) is 0 Å². The quantitative estimate of drug-likeness (QED) is 0.322. The highest BCUT2D eigenvalue weighted by Crippen LogP contribution is 2.38. The van der Waals surface area contributed by atoms with Gasteiger partial charge in [0.25, 0.3) is 0 Å². The Morgan fingerprint density at radius 1 is 0.414 bits per heavy atom. The van der Waals surface area contributed by atoms with E-state index in [-0.39, 0.29) is 0 Å². The molecule has 0 saturated carbocycles. The SMILES string of the molecule is Cc1ccc(C(=C(c2ccccc2)c2ccccc2)c2ccccc2)c(C)c1C. The minimum atomic E-state index is 1.23. The molecule has 0 unspecified atom stereocenters. The van der Waals surface area contributed by atoms with Crippen molar-refractivity contribution in [2.45, 2.75) is 20.8 Å². The van der Waals surface area contributed by atoms with Crippen molar-refractivity contribution in [2.24, 2.45) is 0 Å². The lowest BCUT2D eigenvalue weighted by Gasteiger charge is -2.21. The van der Waals surface area contributed by atoms with Crippen LogP contribution in [0.3, 0.4) is 0 Å². The summed E-state index contributed by atoms with van der Waals surface area (Å²) in [5.74, 6) is 0. The summed E-state index contributed by atoms with van der Waals surface area (Å²) >= 11 is 0. The third kappa shape index (κ3) is 3.79. The molecule has 0 aliphatic carbocycles. The van der Waals surface area contributed by atoms with E-state index in [1.807, 2.05) is 0 Å². The molecule has 0 amide bonds. The zero-order chi connectivity index (χ0) is 20.2. The Bertz CT molecular complexity index is 1090. The van der Waals surface area contributed by atoms with Crippen LogP contribution in [0.5, 0.6) is 0 Å². The van der Waals surface area contributed by atoms with Crippen LogP contribution < -0.4 is 0 Å². The second kappa shape index (κ2) is 8.32. The van der Waals surface area contributed by atoms with Crippen LogP contribution in [-0.2, 0) is 0 Å². The third-order valence-corrected chi connectivity index (χ3v) is 5.76. The van der Waals surface area contributed by atoms with Crippen molar-refractivity contribution in [2.75, 3.05) is 0 Å². The summed E-state index contributed by atoms with van der Waals surface area (Å²) < 4.78 is 0. The average molecular weight is 375 g/mol. The molecule has 0 aliphatic heterocycles. The summed E-state index contributed by atoms with van der Waals surface area (Å²) in [6, 6.07) is 36.8. The van der Waals surface area contributed by atoms with Gasteiger partial charge in [0.2, 0.25) is 0 Å². The van der Waals surface area contributed by atoms with Gasteiger partial charge in [-0.05, 0) is 70.9 Å². The first-order valence-corrected chi connectivity index (χ1v) is 10.1. The Labute approximate surface area is 174 Å². The van der Waals surface area contributed by atoms with Crippen LogP contribution in [0, 0.1) is 20.8 Å². The van der Waals surface area contributed by atoms with Gasteiger partial charge >= 0.3 is 0 Å². The third-order valence-electron chi connectivity index (χ3n) is 5.76. The fourth-order valence-corrected chi connectivity index (χ4v) is 3.93. The predicted molar refractivity (Wildman–Crippen MR) is 125 cm³/mol. The van der Waals surface area contributed by atoms with Crippen LogP contribution in [0.4, 0.5) is 0 Å². The zero-order valence-corrected chi connectivity index (χ0v) is 17.3. The van der Waals surface area contributed by atoms with Gasteiger partial charge in [-0.15, -0.1) is 0 Å². The number of hydrogen-bond donors (Lipinski definition) is 0. The number of hydrogen-bond acceptors (Lipinski definition) is 0. The highest BCUT2D eigenvalue weighted by atomic mass is 14.2. The first-order chi connectivity index (χ1) is 14.2. The van der Waals surface area contributed by atoms with Crippen LogP contribution in [0.25, 0.3) is 11.1 Å². The second-order valence-electron chi connectivity index (χ2n) is 7.53. The maximum atomic E-state index is 2.28. The van der Waals surface area contributed by atoms with Gasteiger partial charge in [0, 0.05) is 0 Å². The minimum absolute atomic E-state index is 1.23. The van der Waals surface area contributed by atoms with E-state index in [1.54, 1.807) is 0 Å². The summed E-state index contributed by atoms with van der Waals surface area (Å²) in [4.78, 5) is 0. The van der Waals surface area contributed by atoms with Gasteiger partial charge in [-0.2, -0.15) is 0 Å². The van der Waals surface area contributed by atoms with Gasteiger partial charge in [-0.1, -0.05) is 103 Å². The van der Waals surface area contributed by atoms with Gasteiger partial charge in [0.1, 0.15) is 0 Å². The van der Waals surface area contributed by atoms with Gasteiger partial charge in [-0.3, -0.25) is 0 Å². The highest BCUT2D eigenvalue weighted by molar-refractivity contribution is 6.05. The smallest absolute Gasteiger partial charge is 0.00240 e. The fourth-order valence-electron chi connectivity index (χ4n) is 3.93. The lowest BCUT2D eigenvalue weighted by atomic mass is 9.83. The normalized spacial score (nSPS) is 10.6. The van der Waals surface area contributed by atoms with Crippen molar-refractivity contribution < 1.29 is 0 Å². The van der Waals surface area contributed by atoms with E-state index in [4.69, 9.17) is 0 Å². The molecule has 0 N–H and O–H groups in total. The van der Waals surface area contributed by atoms with Crippen LogP contribution in [0.1, 0.15) is 38.9 Å². The highest BCUT2D eigenvalue weighted by Gasteiger charge is 2.18. The monoisotopic (exact) mass is 374 g/mol.